The first-order valence-corrected chi connectivity index (χ1v) is 3.52. The molecule has 0 heterocycles. The van der Waals surface area contributed by atoms with Crippen LogP contribution in [0.1, 0.15) is 5.56 Å². The summed E-state index contributed by atoms with van der Waals surface area (Å²) in [5.74, 6) is 0.884. The smallest absolute Gasteiger partial charge is 0.119 e. The van der Waals surface area contributed by atoms with Gasteiger partial charge in [0.2, 0.25) is 0 Å². The van der Waals surface area contributed by atoms with Crippen molar-refractivity contribution in [2.45, 2.75) is 6.92 Å². The van der Waals surface area contributed by atoms with Crippen molar-refractivity contribution in [1.82, 2.24) is 5.32 Å². The Morgan fingerprint density at radius 1 is 1.36 bits per heavy atom. The third-order valence-corrected chi connectivity index (χ3v) is 1.64. The molecule has 0 atom stereocenters. The van der Waals surface area contributed by atoms with E-state index in [2.05, 4.69) is 5.32 Å². The van der Waals surface area contributed by atoms with Gasteiger partial charge in [-0.2, -0.15) is 0 Å². The van der Waals surface area contributed by atoms with Gasteiger partial charge in [0.1, 0.15) is 5.75 Å². The Bertz CT molecular complexity index is 245. The number of nitrogens with zero attached hydrogens (tertiary/aromatic N) is 1. The molecule has 2 nitrogen and oxygen atoms in total. The highest BCUT2D eigenvalue weighted by Crippen LogP contribution is 2.20. The van der Waals surface area contributed by atoms with Gasteiger partial charge < -0.3 is 4.74 Å². The molecule has 0 unspecified atom stereocenters. The second-order valence-electron chi connectivity index (χ2n) is 2.38. The fourth-order valence-electron chi connectivity index (χ4n) is 1.01. The van der Waals surface area contributed by atoms with E-state index >= 15 is 0 Å². The molecule has 0 aliphatic carbocycles. The highest BCUT2D eigenvalue weighted by Gasteiger charge is 1.97. The lowest BCUT2D eigenvalue weighted by atomic mass is 10.2. The molecule has 0 aromatic heterocycles. The number of benzene rings is 1. The van der Waals surface area contributed by atoms with E-state index < -0.39 is 0 Å². The maximum Gasteiger partial charge on any atom is 0.119 e. The summed E-state index contributed by atoms with van der Waals surface area (Å²) >= 11 is 0. The summed E-state index contributed by atoms with van der Waals surface area (Å²) < 4.78 is 5.05. The summed E-state index contributed by atoms with van der Waals surface area (Å²) in [6.45, 7) is 2.02. The van der Waals surface area contributed by atoms with Crippen LogP contribution in [0.25, 0.3) is 0 Å². The van der Waals surface area contributed by atoms with Crippen LogP contribution in [0.3, 0.4) is 0 Å². The Kier molecular flexibility index (Phi) is 2.36. The van der Waals surface area contributed by atoms with Crippen LogP contribution in [0.5, 0.6) is 5.75 Å². The summed E-state index contributed by atoms with van der Waals surface area (Å²) in [7, 11) is 3.45. The Labute approximate surface area is 67.2 Å². The van der Waals surface area contributed by atoms with E-state index in [-0.39, 0.29) is 0 Å². The van der Waals surface area contributed by atoms with Gasteiger partial charge >= 0.3 is 0 Å². The van der Waals surface area contributed by atoms with Crippen molar-refractivity contribution < 1.29 is 4.74 Å². The first-order valence-electron chi connectivity index (χ1n) is 3.52. The van der Waals surface area contributed by atoms with Gasteiger partial charge in [-0.05, 0) is 30.7 Å². The van der Waals surface area contributed by atoms with Crippen LogP contribution in [0.2, 0.25) is 0 Å². The second-order valence-corrected chi connectivity index (χ2v) is 2.38. The zero-order valence-corrected chi connectivity index (χ0v) is 7.09. The molecule has 0 saturated heterocycles. The Hall–Kier alpha value is -1.18. The molecular weight excluding hydrogens is 138 g/mol. The van der Waals surface area contributed by atoms with E-state index in [0.717, 1.165) is 17.0 Å². The molecule has 11 heavy (non-hydrogen) atoms. The number of hydrogen-bond acceptors (Lipinski definition) is 1. The lowest BCUT2D eigenvalue weighted by Gasteiger charge is -2.04. The van der Waals surface area contributed by atoms with Gasteiger partial charge in [-0.1, -0.05) is 0 Å². The molecule has 1 radical (unpaired) electrons. The zero-order chi connectivity index (χ0) is 8.27. The topological polar surface area (TPSA) is 23.3 Å². The normalized spacial score (nSPS) is 9.36. The lowest BCUT2D eigenvalue weighted by Crippen LogP contribution is -1.91. The summed E-state index contributed by atoms with van der Waals surface area (Å²) in [5.41, 5.74) is 2.16. The van der Waals surface area contributed by atoms with Crippen LogP contribution < -0.4 is 10.1 Å². The molecule has 0 fully saturated rings. The zero-order valence-electron chi connectivity index (χ0n) is 7.09. The summed E-state index contributed by atoms with van der Waals surface area (Å²) in [6, 6.07) is 5.84. The molecule has 2 heteroatoms. The summed E-state index contributed by atoms with van der Waals surface area (Å²) in [4.78, 5) is 0. The molecular formula is C9H12NO. The third kappa shape index (κ3) is 1.64. The molecule has 0 spiro atoms. The highest BCUT2D eigenvalue weighted by atomic mass is 16.5. The van der Waals surface area contributed by atoms with E-state index in [0.29, 0.717) is 0 Å². The van der Waals surface area contributed by atoms with Crippen LogP contribution in [-0.2, 0) is 0 Å². The van der Waals surface area contributed by atoms with Crippen molar-refractivity contribution in [3.8, 4) is 5.75 Å². The molecule has 1 rings (SSSR count). The average Bonchev–Trinajstić information content (AvgIpc) is 2.04. The minimum absolute atomic E-state index is 0.884. The molecule has 0 saturated carbocycles. The van der Waals surface area contributed by atoms with Crippen LogP contribution >= 0.6 is 0 Å². The van der Waals surface area contributed by atoms with Gasteiger partial charge in [0.25, 0.3) is 0 Å². The number of aryl methyl sites for hydroxylation is 1. The molecule has 0 aliphatic heterocycles. The van der Waals surface area contributed by atoms with Crippen molar-refractivity contribution in [3.63, 3.8) is 0 Å². The number of ether oxygens (including phenoxy) is 1. The predicted octanol–water partition coefficient (Wildman–Crippen LogP) is 1.87. The van der Waals surface area contributed by atoms with Crippen molar-refractivity contribution in [2.24, 2.45) is 0 Å². The maximum atomic E-state index is 5.05. The fraction of sp³-hybridized carbons (Fsp3) is 0.333. The number of rotatable bonds is 2. The molecule has 0 amide bonds. The maximum absolute atomic E-state index is 5.05. The predicted molar refractivity (Wildman–Crippen MR) is 45.4 cm³/mol. The molecule has 1 aromatic carbocycles. The highest BCUT2D eigenvalue weighted by molar-refractivity contribution is 5.47. The molecule has 59 valence electrons. The van der Waals surface area contributed by atoms with Crippen LogP contribution in [0, 0.1) is 6.92 Å². The average molecular weight is 150 g/mol. The molecule has 1 aromatic rings. The SMILES string of the molecule is C[N]c1ccc(OC)cc1C. The largest absolute Gasteiger partial charge is 0.497 e. The minimum atomic E-state index is 0.884. The van der Waals surface area contributed by atoms with E-state index in [9.17, 15) is 0 Å². The Morgan fingerprint density at radius 2 is 2.09 bits per heavy atom. The van der Waals surface area contributed by atoms with Crippen LogP contribution in [0.15, 0.2) is 18.2 Å². The van der Waals surface area contributed by atoms with Crippen molar-refractivity contribution in [2.75, 3.05) is 14.2 Å². The minimum Gasteiger partial charge on any atom is -0.497 e. The third-order valence-electron chi connectivity index (χ3n) is 1.64. The van der Waals surface area contributed by atoms with Crippen molar-refractivity contribution >= 4 is 5.69 Å². The molecule has 0 aliphatic rings. The van der Waals surface area contributed by atoms with Crippen molar-refractivity contribution in [1.29, 1.82) is 0 Å². The number of hydrogen-bond donors (Lipinski definition) is 0. The first kappa shape index (κ1) is 7.92. The molecule has 0 bridgehead atoms. The monoisotopic (exact) mass is 150 g/mol. The summed E-state index contributed by atoms with van der Waals surface area (Å²) in [6.07, 6.45) is 0. The fourth-order valence-corrected chi connectivity index (χ4v) is 1.01. The Morgan fingerprint density at radius 3 is 2.55 bits per heavy atom. The number of methoxy groups -OCH3 is 1. The van der Waals surface area contributed by atoms with Crippen LogP contribution in [-0.4, -0.2) is 14.2 Å². The van der Waals surface area contributed by atoms with Gasteiger partial charge in [-0.3, -0.25) is 5.32 Å². The molecule has 0 N–H and O–H groups in total. The van der Waals surface area contributed by atoms with E-state index in [1.54, 1.807) is 14.2 Å². The van der Waals surface area contributed by atoms with Gasteiger partial charge in [0, 0.05) is 7.05 Å². The lowest BCUT2D eigenvalue weighted by molar-refractivity contribution is 0.414. The van der Waals surface area contributed by atoms with Gasteiger partial charge in [-0.25, -0.2) is 0 Å². The van der Waals surface area contributed by atoms with Gasteiger partial charge in [0.05, 0.1) is 12.8 Å². The van der Waals surface area contributed by atoms with E-state index in [1.165, 1.54) is 0 Å². The quantitative estimate of drug-likeness (QED) is 0.631. The van der Waals surface area contributed by atoms with E-state index in [1.807, 2.05) is 25.1 Å². The standard InChI is InChI=1S/C9H12NO/c1-7-6-8(11-3)4-5-9(7)10-2/h4-6H,1-3H3. The Balaban J connectivity index is 2.99. The first-order chi connectivity index (χ1) is 5.27. The second kappa shape index (κ2) is 3.28. The summed E-state index contributed by atoms with van der Waals surface area (Å²) in [5, 5.41) is 4.09. The van der Waals surface area contributed by atoms with E-state index in [4.69, 9.17) is 4.74 Å². The van der Waals surface area contributed by atoms with Crippen molar-refractivity contribution in [3.05, 3.63) is 23.8 Å². The van der Waals surface area contributed by atoms with Gasteiger partial charge in [-0.15, -0.1) is 0 Å². The van der Waals surface area contributed by atoms with Crippen LogP contribution in [0.4, 0.5) is 5.69 Å². The van der Waals surface area contributed by atoms with Gasteiger partial charge in [0.15, 0.2) is 0 Å².